The highest BCUT2D eigenvalue weighted by molar-refractivity contribution is 5.87. The number of carbonyl (C=O) groups excluding carboxylic acids is 1. The number of carbonyl (C=O) groups is 1. The number of anilines is 1. The molecule has 1 atom stereocenters. The number of amides is 1. The van der Waals surface area contributed by atoms with Gasteiger partial charge in [-0.3, -0.25) is 4.79 Å². The second kappa shape index (κ2) is 5.87. The summed E-state index contributed by atoms with van der Waals surface area (Å²) in [4.78, 5) is 12.3. The maximum atomic E-state index is 12.3. The van der Waals surface area contributed by atoms with Gasteiger partial charge in [-0.2, -0.15) is 0 Å². The van der Waals surface area contributed by atoms with Gasteiger partial charge in [0.25, 0.3) is 0 Å². The van der Waals surface area contributed by atoms with Crippen LogP contribution in [0.3, 0.4) is 0 Å². The molecule has 0 spiro atoms. The van der Waals surface area contributed by atoms with Crippen molar-refractivity contribution in [3.63, 3.8) is 0 Å². The normalized spacial score (nSPS) is 16.0. The van der Waals surface area contributed by atoms with Crippen LogP contribution < -0.4 is 15.4 Å². The highest BCUT2D eigenvalue weighted by atomic mass is 16.5. The van der Waals surface area contributed by atoms with Crippen molar-refractivity contribution < 1.29 is 9.53 Å². The zero-order chi connectivity index (χ0) is 14.7. The Bertz CT molecular complexity index is 630. The van der Waals surface area contributed by atoms with Crippen LogP contribution in [0.5, 0.6) is 5.75 Å². The van der Waals surface area contributed by atoms with Gasteiger partial charge >= 0.3 is 0 Å². The Balaban J connectivity index is 1.61. The molecule has 0 radical (unpaired) electrons. The molecule has 0 bridgehead atoms. The zero-order valence-corrected chi connectivity index (χ0v) is 11.9. The predicted octanol–water partition coefficient (Wildman–Crippen LogP) is 2.35. The summed E-state index contributed by atoms with van der Waals surface area (Å²) in [7, 11) is 1.63. The van der Waals surface area contributed by atoms with E-state index in [1.54, 1.807) is 7.11 Å². The summed E-state index contributed by atoms with van der Waals surface area (Å²) in [5, 5.41) is 6.22. The van der Waals surface area contributed by atoms with Gasteiger partial charge in [0, 0.05) is 24.2 Å². The Kier molecular flexibility index (Phi) is 3.77. The summed E-state index contributed by atoms with van der Waals surface area (Å²) in [6.07, 6.45) is 0.730. The van der Waals surface area contributed by atoms with E-state index in [0.717, 1.165) is 23.4 Å². The largest absolute Gasteiger partial charge is 0.496 e. The Morgan fingerprint density at radius 2 is 2.00 bits per heavy atom. The van der Waals surface area contributed by atoms with Crippen molar-refractivity contribution in [2.75, 3.05) is 12.4 Å². The van der Waals surface area contributed by atoms with Crippen LogP contribution in [0.15, 0.2) is 48.5 Å². The van der Waals surface area contributed by atoms with Crippen molar-refractivity contribution in [3.8, 4) is 5.75 Å². The number of methoxy groups -OCH3 is 1. The van der Waals surface area contributed by atoms with Crippen LogP contribution in [-0.4, -0.2) is 19.1 Å². The summed E-state index contributed by atoms with van der Waals surface area (Å²) in [6.45, 7) is 0.470. The second-order valence-corrected chi connectivity index (χ2v) is 5.09. The first-order valence-electron chi connectivity index (χ1n) is 7.02. The van der Waals surface area contributed by atoms with E-state index in [1.165, 1.54) is 5.56 Å². The van der Waals surface area contributed by atoms with Crippen LogP contribution in [0, 0.1) is 0 Å². The number of ether oxygens (including phenoxy) is 1. The Hall–Kier alpha value is -2.49. The minimum Gasteiger partial charge on any atom is -0.496 e. The monoisotopic (exact) mass is 282 g/mol. The van der Waals surface area contributed by atoms with Gasteiger partial charge in [-0.25, -0.2) is 0 Å². The van der Waals surface area contributed by atoms with E-state index in [4.69, 9.17) is 4.74 Å². The third kappa shape index (κ3) is 2.84. The molecule has 0 saturated heterocycles. The molecule has 1 aliphatic heterocycles. The highest BCUT2D eigenvalue weighted by Gasteiger charge is 2.26. The molecular weight excluding hydrogens is 264 g/mol. The lowest BCUT2D eigenvalue weighted by atomic mass is 10.1. The third-order valence-corrected chi connectivity index (χ3v) is 3.73. The van der Waals surface area contributed by atoms with Crippen LogP contribution in [0.1, 0.15) is 11.1 Å². The van der Waals surface area contributed by atoms with Gasteiger partial charge in [-0.1, -0.05) is 36.4 Å². The number of fused-ring (bicyclic) bond motifs is 1. The van der Waals surface area contributed by atoms with Gasteiger partial charge in [0.15, 0.2) is 0 Å². The molecule has 2 N–H and O–H groups in total. The number of nitrogens with one attached hydrogen (secondary N) is 2. The zero-order valence-electron chi connectivity index (χ0n) is 11.9. The van der Waals surface area contributed by atoms with Crippen LogP contribution in [0.2, 0.25) is 0 Å². The number of hydrogen-bond donors (Lipinski definition) is 2. The number of hydrogen-bond acceptors (Lipinski definition) is 3. The molecule has 21 heavy (non-hydrogen) atoms. The van der Waals surface area contributed by atoms with Crippen molar-refractivity contribution in [1.29, 1.82) is 0 Å². The van der Waals surface area contributed by atoms with E-state index in [2.05, 4.69) is 16.7 Å². The molecule has 108 valence electrons. The summed E-state index contributed by atoms with van der Waals surface area (Å²) in [5.41, 5.74) is 3.22. The Morgan fingerprint density at radius 1 is 1.24 bits per heavy atom. The van der Waals surface area contributed by atoms with Gasteiger partial charge in [0.05, 0.1) is 7.11 Å². The van der Waals surface area contributed by atoms with Gasteiger partial charge in [0.1, 0.15) is 11.8 Å². The lowest BCUT2D eigenvalue weighted by Crippen LogP contribution is -2.38. The standard InChI is InChI=1S/C17H18N2O2/c1-21-16-9-5-3-7-13(16)11-18-17(20)15-10-12-6-2-4-8-14(12)19-15/h2-9,15,19H,10-11H2,1H3,(H,18,20)/t15-/m0/s1. The topological polar surface area (TPSA) is 50.4 Å². The first kappa shape index (κ1) is 13.5. The molecule has 2 aromatic carbocycles. The number of rotatable bonds is 4. The van der Waals surface area contributed by atoms with Gasteiger partial charge < -0.3 is 15.4 Å². The quantitative estimate of drug-likeness (QED) is 0.905. The van der Waals surface area contributed by atoms with E-state index in [0.29, 0.717) is 6.54 Å². The molecular formula is C17H18N2O2. The summed E-state index contributed by atoms with van der Waals surface area (Å²) in [6, 6.07) is 15.5. The first-order chi connectivity index (χ1) is 10.3. The van der Waals surface area contributed by atoms with Crippen LogP contribution in [0.25, 0.3) is 0 Å². The van der Waals surface area contributed by atoms with Crippen molar-refractivity contribution in [1.82, 2.24) is 5.32 Å². The summed E-state index contributed by atoms with van der Waals surface area (Å²) < 4.78 is 5.29. The van der Waals surface area contributed by atoms with Crippen LogP contribution in [0.4, 0.5) is 5.69 Å². The Morgan fingerprint density at radius 3 is 2.81 bits per heavy atom. The van der Waals surface area contributed by atoms with E-state index in [-0.39, 0.29) is 11.9 Å². The van der Waals surface area contributed by atoms with Gasteiger partial charge in [-0.05, 0) is 17.7 Å². The molecule has 4 heteroatoms. The van der Waals surface area contributed by atoms with Crippen LogP contribution in [-0.2, 0) is 17.8 Å². The molecule has 1 amide bonds. The van der Waals surface area contributed by atoms with Crippen molar-refractivity contribution in [3.05, 3.63) is 59.7 Å². The van der Waals surface area contributed by atoms with E-state index in [9.17, 15) is 4.79 Å². The minimum atomic E-state index is -0.197. The molecule has 0 aliphatic carbocycles. The average molecular weight is 282 g/mol. The summed E-state index contributed by atoms with van der Waals surface area (Å²) in [5.74, 6) is 0.803. The Labute approximate surface area is 124 Å². The van der Waals surface area contributed by atoms with Gasteiger partial charge in [-0.15, -0.1) is 0 Å². The molecule has 0 unspecified atom stereocenters. The average Bonchev–Trinajstić information content (AvgIpc) is 2.97. The molecule has 0 saturated carbocycles. The van der Waals surface area contributed by atoms with E-state index < -0.39 is 0 Å². The minimum absolute atomic E-state index is 0.0112. The van der Waals surface area contributed by atoms with Gasteiger partial charge in [0.2, 0.25) is 5.91 Å². The molecule has 2 aromatic rings. The molecule has 1 aliphatic rings. The predicted molar refractivity (Wildman–Crippen MR) is 82.4 cm³/mol. The lowest BCUT2D eigenvalue weighted by Gasteiger charge is -2.13. The number of benzene rings is 2. The third-order valence-electron chi connectivity index (χ3n) is 3.73. The van der Waals surface area contributed by atoms with Crippen LogP contribution >= 0.6 is 0 Å². The maximum absolute atomic E-state index is 12.3. The second-order valence-electron chi connectivity index (χ2n) is 5.09. The maximum Gasteiger partial charge on any atom is 0.243 e. The fraction of sp³-hybridized carbons (Fsp3) is 0.235. The first-order valence-corrected chi connectivity index (χ1v) is 7.02. The van der Waals surface area contributed by atoms with E-state index in [1.807, 2.05) is 42.5 Å². The lowest BCUT2D eigenvalue weighted by molar-refractivity contribution is -0.121. The number of para-hydroxylation sites is 2. The smallest absolute Gasteiger partial charge is 0.243 e. The summed E-state index contributed by atoms with van der Waals surface area (Å²) >= 11 is 0. The van der Waals surface area contributed by atoms with E-state index >= 15 is 0 Å². The van der Waals surface area contributed by atoms with Crippen molar-refractivity contribution in [2.24, 2.45) is 0 Å². The SMILES string of the molecule is COc1ccccc1CNC(=O)[C@@H]1Cc2ccccc2N1. The molecule has 1 heterocycles. The highest BCUT2D eigenvalue weighted by Crippen LogP contribution is 2.25. The molecule has 4 nitrogen and oxygen atoms in total. The molecule has 0 fully saturated rings. The molecule has 0 aromatic heterocycles. The van der Waals surface area contributed by atoms with Crippen molar-refractivity contribution in [2.45, 2.75) is 19.0 Å². The fourth-order valence-corrected chi connectivity index (χ4v) is 2.61. The fourth-order valence-electron chi connectivity index (χ4n) is 2.61. The van der Waals surface area contributed by atoms with Crippen molar-refractivity contribution >= 4 is 11.6 Å². The molecule has 3 rings (SSSR count).